The van der Waals surface area contributed by atoms with Crippen LogP contribution >= 0.6 is 0 Å². The molecular formula is C31H35N7O4. The van der Waals surface area contributed by atoms with Gasteiger partial charge in [0.1, 0.15) is 17.3 Å². The Morgan fingerprint density at radius 2 is 2.02 bits per heavy atom. The Labute approximate surface area is 245 Å². The summed E-state index contributed by atoms with van der Waals surface area (Å²) in [6.45, 7) is 6.23. The molecule has 2 aromatic carbocycles. The van der Waals surface area contributed by atoms with Crippen LogP contribution in [0.2, 0.25) is 0 Å². The van der Waals surface area contributed by atoms with E-state index in [-0.39, 0.29) is 35.8 Å². The number of phenolic OH excluding ortho intramolecular Hbond substituents is 1. The number of hydrogen-bond acceptors (Lipinski definition) is 9. The molecule has 11 heteroatoms. The van der Waals surface area contributed by atoms with Crippen molar-refractivity contribution in [1.29, 1.82) is 5.26 Å². The summed E-state index contributed by atoms with van der Waals surface area (Å²) in [4.78, 5) is 40.9. The molecule has 2 amide bonds. The van der Waals surface area contributed by atoms with Gasteiger partial charge < -0.3 is 29.9 Å². The molecule has 5 rings (SSSR count). The lowest BCUT2D eigenvalue weighted by Gasteiger charge is -2.40. The van der Waals surface area contributed by atoms with Gasteiger partial charge in [-0.1, -0.05) is 30.8 Å². The minimum absolute atomic E-state index is 0.0313. The molecule has 1 aromatic heterocycles. The van der Waals surface area contributed by atoms with Gasteiger partial charge >= 0.3 is 6.01 Å². The van der Waals surface area contributed by atoms with Gasteiger partial charge in [0.05, 0.1) is 30.8 Å². The molecule has 2 atom stereocenters. The van der Waals surface area contributed by atoms with Gasteiger partial charge in [-0.25, -0.2) is 0 Å². The van der Waals surface area contributed by atoms with Crippen LogP contribution in [0.25, 0.3) is 10.8 Å². The zero-order chi connectivity index (χ0) is 29.6. The van der Waals surface area contributed by atoms with Crippen molar-refractivity contribution in [2.75, 3.05) is 50.1 Å². The number of ether oxygens (including phenoxy) is 1. The predicted molar refractivity (Wildman–Crippen MR) is 160 cm³/mol. The number of nitrogens with one attached hydrogen (secondary N) is 1. The standard InChI is InChI=1S/C31H35N7O4/c1-3-29(40)38-15-14-37(20-23(38)10-12-32)28-19-27(34-31(35-28)42-16-11-22-8-6-13-36(22)2)30(41)33-26-18-24(39)17-21-7-4-5-9-25(21)26/h3-5,7,9,17-19,22-23,39H,1,6,8,10-11,13-16,20H2,2H3,(H,33,41)/t22?,23-/m0/s1. The lowest BCUT2D eigenvalue weighted by atomic mass is 10.1. The second-order valence-electron chi connectivity index (χ2n) is 10.7. The zero-order valence-electron chi connectivity index (χ0n) is 23.7. The van der Waals surface area contributed by atoms with Gasteiger partial charge in [0.25, 0.3) is 5.91 Å². The number of aromatic hydroxyl groups is 1. The summed E-state index contributed by atoms with van der Waals surface area (Å²) in [6, 6.07) is 14.5. The predicted octanol–water partition coefficient (Wildman–Crippen LogP) is 3.57. The van der Waals surface area contributed by atoms with E-state index in [2.05, 4.69) is 39.9 Å². The first-order valence-electron chi connectivity index (χ1n) is 14.2. The molecule has 2 aliphatic rings. The number of carbonyl (C=O) groups excluding carboxylic acids is 2. The maximum atomic E-state index is 13.6. The van der Waals surface area contributed by atoms with Crippen molar-refractivity contribution >= 4 is 34.1 Å². The highest BCUT2D eigenvalue weighted by molar-refractivity contribution is 6.09. The average Bonchev–Trinajstić information content (AvgIpc) is 3.40. The molecule has 0 spiro atoms. The molecule has 2 fully saturated rings. The second-order valence-corrected chi connectivity index (χ2v) is 10.7. The van der Waals surface area contributed by atoms with Crippen molar-refractivity contribution in [3.63, 3.8) is 0 Å². The Kier molecular flexibility index (Phi) is 8.83. The third kappa shape index (κ3) is 6.44. The van der Waals surface area contributed by atoms with Crippen LogP contribution in [0.1, 0.15) is 36.2 Å². The number of rotatable bonds is 9. The van der Waals surface area contributed by atoms with E-state index in [1.165, 1.54) is 12.1 Å². The number of phenols is 1. The molecule has 218 valence electrons. The summed E-state index contributed by atoms with van der Waals surface area (Å²) in [7, 11) is 2.11. The first kappa shape index (κ1) is 28.8. The number of aromatic nitrogens is 2. The number of nitrogens with zero attached hydrogens (tertiary/aromatic N) is 6. The minimum Gasteiger partial charge on any atom is -0.508 e. The second kappa shape index (κ2) is 12.9. The van der Waals surface area contributed by atoms with E-state index in [1.807, 2.05) is 29.2 Å². The van der Waals surface area contributed by atoms with Crippen LogP contribution < -0.4 is 15.0 Å². The molecule has 11 nitrogen and oxygen atoms in total. The summed E-state index contributed by atoms with van der Waals surface area (Å²) in [5.74, 6) is -0.206. The summed E-state index contributed by atoms with van der Waals surface area (Å²) in [6.07, 6.45) is 4.49. The van der Waals surface area contributed by atoms with Gasteiger partial charge in [-0.2, -0.15) is 15.2 Å². The quantitative estimate of drug-likeness (QED) is 0.371. The molecule has 2 saturated heterocycles. The highest BCUT2D eigenvalue weighted by Gasteiger charge is 2.31. The van der Waals surface area contributed by atoms with Gasteiger partial charge in [-0.3, -0.25) is 9.59 Å². The molecule has 0 radical (unpaired) electrons. The monoisotopic (exact) mass is 569 g/mol. The van der Waals surface area contributed by atoms with Gasteiger partial charge in [-0.15, -0.1) is 0 Å². The van der Waals surface area contributed by atoms with E-state index in [9.17, 15) is 20.0 Å². The summed E-state index contributed by atoms with van der Waals surface area (Å²) >= 11 is 0. The minimum atomic E-state index is -0.483. The molecule has 3 aromatic rings. The van der Waals surface area contributed by atoms with Crippen molar-refractivity contribution < 1.29 is 19.4 Å². The molecule has 0 aliphatic carbocycles. The smallest absolute Gasteiger partial charge is 0.319 e. The number of amides is 2. The molecule has 2 aliphatic heterocycles. The maximum Gasteiger partial charge on any atom is 0.319 e. The summed E-state index contributed by atoms with van der Waals surface area (Å²) in [5.41, 5.74) is 0.551. The Morgan fingerprint density at radius 1 is 1.19 bits per heavy atom. The highest BCUT2D eigenvalue weighted by atomic mass is 16.5. The lowest BCUT2D eigenvalue weighted by molar-refractivity contribution is -0.128. The van der Waals surface area contributed by atoms with Crippen LogP contribution in [0.4, 0.5) is 11.5 Å². The van der Waals surface area contributed by atoms with Crippen LogP contribution in [0.3, 0.4) is 0 Å². The topological polar surface area (TPSA) is 135 Å². The van der Waals surface area contributed by atoms with Crippen LogP contribution in [0.15, 0.2) is 55.1 Å². The van der Waals surface area contributed by atoms with Crippen molar-refractivity contribution in [3.8, 4) is 17.8 Å². The molecule has 1 unspecified atom stereocenters. The number of hydrogen-bond donors (Lipinski definition) is 2. The van der Waals surface area contributed by atoms with Crippen molar-refractivity contribution in [2.24, 2.45) is 0 Å². The first-order valence-corrected chi connectivity index (χ1v) is 14.2. The van der Waals surface area contributed by atoms with E-state index in [0.717, 1.165) is 36.6 Å². The molecule has 0 bridgehead atoms. The third-order valence-electron chi connectivity index (χ3n) is 7.96. The van der Waals surface area contributed by atoms with Crippen molar-refractivity contribution in [2.45, 2.75) is 37.8 Å². The Morgan fingerprint density at radius 3 is 2.79 bits per heavy atom. The van der Waals surface area contributed by atoms with Crippen molar-refractivity contribution in [1.82, 2.24) is 19.8 Å². The third-order valence-corrected chi connectivity index (χ3v) is 7.96. The fourth-order valence-corrected chi connectivity index (χ4v) is 5.72. The van der Waals surface area contributed by atoms with E-state index >= 15 is 0 Å². The molecule has 3 heterocycles. The Balaban J connectivity index is 1.42. The number of piperazine rings is 1. The number of nitriles is 1. The number of likely N-dealkylation sites (tertiary alicyclic amines) is 1. The summed E-state index contributed by atoms with van der Waals surface area (Å²) in [5, 5.41) is 24.1. The van der Waals surface area contributed by atoms with E-state index in [0.29, 0.717) is 43.8 Å². The van der Waals surface area contributed by atoms with Crippen LogP contribution in [0.5, 0.6) is 11.8 Å². The fraction of sp³-hybridized carbons (Fsp3) is 0.387. The Bertz CT molecular complexity index is 1520. The number of fused-ring (bicyclic) bond motifs is 1. The Hall–Kier alpha value is -4.69. The first-order chi connectivity index (χ1) is 20.4. The molecular weight excluding hydrogens is 534 g/mol. The SMILES string of the molecule is C=CC(=O)N1CCN(c2cc(C(=O)Nc3cc(O)cc4ccccc34)nc(OCCC3CCCN3C)n2)C[C@@H]1CC#N. The van der Waals surface area contributed by atoms with Gasteiger partial charge in [0.2, 0.25) is 5.91 Å². The number of anilines is 2. The van der Waals surface area contributed by atoms with Crippen LogP contribution in [-0.2, 0) is 4.79 Å². The highest BCUT2D eigenvalue weighted by Crippen LogP contribution is 2.30. The molecule has 42 heavy (non-hydrogen) atoms. The van der Waals surface area contributed by atoms with Gasteiger partial charge in [0.15, 0.2) is 0 Å². The average molecular weight is 570 g/mol. The largest absolute Gasteiger partial charge is 0.508 e. The summed E-state index contributed by atoms with van der Waals surface area (Å²) < 4.78 is 6.00. The van der Waals surface area contributed by atoms with Gasteiger partial charge in [-0.05, 0) is 50.4 Å². The normalized spacial score (nSPS) is 19.0. The fourth-order valence-electron chi connectivity index (χ4n) is 5.72. The number of benzene rings is 2. The van der Waals surface area contributed by atoms with Crippen molar-refractivity contribution in [3.05, 3.63) is 60.8 Å². The van der Waals surface area contributed by atoms with Gasteiger partial charge in [0, 0.05) is 43.2 Å². The van der Waals surface area contributed by atoms with E-state index in [1.54, 1.807) is 17.0 Å². The van der Waals surface area contributed by atoms with E-state index < -0.39 is 5.91 Å². The zero-order valence-corrected chi connectivity index (χ0v) is 23.7. The van der Waals surface area contributed by atoms with Crippen LogP contribution in [-0.4, -0.2) is 88.6 Å². The molecule has 0 saturated carbocycles. The lowest BCUT2D eigenvalue weighted by Crippen LogP contribution is -2.55. The van der Waals surface area contributed by atoms with Crippen LogP contribution in [0, 0.1) is 11.3 Å². The number of carbonyl (C=O) groups is 2. The van der Waals surface area contributed by atoms with E-state index in [4.69, 9.17) is 4.74 Å². The maximum absolute atomic E-state index is 13.6. The molecule has 2 N–H and O–H groups in total.